The quantitative estimate of drug-likeness (QED) is 0.0543. The summed E-state index contributed by atoms with van der Waals surface area (Å²) < 4.78 is 122. The topological polar surface area (TPSA) is 706 Å². The molecule has 0 amide bonds. The number of ether oxygens (including phenoxy) is 4. The minimum absolute atomic E-state index is 0. The molecule has 20 N–H and O–H groups in total. The second-order valence-corrected chi connectivity index (χ2v) is 26.2. The molecule has 20 atom stereocenters. The summed E-state index contributed by atoms with van der Waals surface area (Å²) in [4.78, 5) is 109. The van der Waals surface area contributed by atoms with Crippen molar-refractivity contribution in [3.8, 4) is 0 Å². The number of rotatable bonds is 6. The van der Waals surface area contributed by atoms with Crippen molar-refractivity contribution in [2.45, 2.75) is 97.9 Å². The minimum Gasteiger partial charge on any atom is -1.00 e. The first-order valence-electron chi connectivity index (χ1n) is 26.8. The third kappa shape index (κ3) is 14.4. The van der Waals surface area contributed by atoms with Crippen LogP contribution in [0.5, 0.6) is 0 Å². The maximum atomic E-state index is 13.1. The van der Waals surface area contributed by atoms with Gasteiger partial charge in [0.2, 0.25) is 23.8 Å². The average molecular weight is 1460 g/mol. The number of hydrogen-bond donors (Lipinski definition) is 14. The molecule has 48 nitrogen and oxygen atoms in total. The number of aromatic amines is 2. The van der Waals surface area contributed by atoms with Crippen molar-refractivity contribution in [1.82, 2.24) is 90.5 Å². The molecular formula is C42H58N22Na2O26P4-2. The number of imidazole rings is 2. The molecule has 516 valence electrons. The van der Waals surface area contributed by atoms with Gasteiger partial charge in [0, 0.05) is 25.2 Å². The van der Waals surface area contributed by atoms with E-state index in [9.17, 15) is 67.8 Å². The number of phosphoric ester groups is 4. The van der Waals surface area contributed by atoms with Gasteiger partial charge in [0.05, 0.1) is 51.5 Å². The molecule has 8 aromatic heterocycles. The molecule has 0 aromatic carbocycles. The van der Waals surface area contributed by atoms with E-state index in [0.29, 0.717) is 11.9 Å². The Bertz CT molecular complexity index is 4220. The molecule has 20 unspecified atom stereocenters. The number of aliphatic hydroxyl groups excluding tert-OH is 4. The van der Waals surface area contributed by atoms with Crippen LogP contribution in [-0.4, -0.2) is 222 Å². The molecule has 54 heteroatoms. The van der Waals surface area contributed by atoms with Crippen molar-refractivity contribution in [2.75, 3.05) is 62.6 Å². The summed E-state index contributed by atoms with van der Waals surface area (Å²) in [6.07, 6.45) is -18.2. The first-order chi connectivity index (χ1) is 43.7. The maximum Gasteiger partial charge on any atom is 1.00 e. The molecule has 96 heavy (non-hydrogen) atoms. The van der Waals surface area contributed by atoms with Crippen LogP contribution in [0.1, 0.15) is 38.6 Å². The summed E-state index contributed by atoms with van der Waals surface area (Å²) in [6.45, 7) is -3.41. The van der Waals surface area contributed by atoms with Crippen LogP contribution in [0.3, 0.4) is 0 Å². The SMILES string of the molecule is CNc1ncnc2c(C3OC4COP(=O)([O-])OC5C(O)C(COP(=O)(O)OC4C3O)OC5n3cnc4c(=O)[nH]c(N)nc43)cnn12.CNc1ncnc2c(C3OC4COP(=O)([O-])OC5C(O)C(COP(=O)(O)OC4C3O)OC5n3cnc4c(=O)[nH]c(N)nc43)cnn12.N.N.[H-].[H-].[Na+].[Na+]. The van der Waals surface area contributed by atoms with Crippen molar-refractivity contribution in [3.05, 3.63) is 69.5 Å². The molecular weight excluding hydrogens is 1400 g/mol. The summed E-state index contributed by atoms with van der Waals surface area (Å²) in [5.74, 6) is 0.0181. The molecule has 6 saturated heterocycles. The Morgan fingerprint density at radius 2 is 0.917 bits per heavy atom. The van der Waals surface area contributed by atoms with E-state index >= 15 is 0 Å². The number of nitrogens with one attached hydrogen (secondary N) is 4. The van der Waals surface area contributed by atoms with Crippen molar-refractivity contribution < 1.29 is 175 Å². The van der Waals surface area contributed by atoms with Crippen LogP contribution in [0.15, 0.2) is 47.3 Å². The van der Waals surface area contributed by atoms with Crippen LogP contribution in [-0.2, 0) is 73.4 Å². The first-order valence-corrected chi connectivity index (χ1v) is 32.7. The van der Waals surface area contributed by atoms with Crippen LogP contribution in [0.4, 0.5) is 23.8 Å². The Kier molecular flexibility index (Phi) is 22.7. The fourth-order valence-electron chi connectivity index (χ4n) is 11.0. The van der Waals surface area contributed by atoms with Crippen LogP contribution >= 0.6 is 31.3 Å². The Morgan fingerprint density at radius 3 is 1.29 bits per heavy atom. The van der Waals surface area contributed by atoms with E-state index in [0.717, 1.165) is 21.8 Å². The van der Waals surface area contributed by atoms with E-state index < -0.39 is 167 Å². The van der Waals surface area contributed by atoms with Gasteiger partial charge in [-0.1, -0.05) is 0 Å². The number of fused-ring (bicyclic) bond motifs is 10. The molecule has 6 aliphatic heterocycles. The minimum atomic E-state index is -5.36. The second-order valence-electron chi connectivity index (χ2n) is 20.7. The molecule has 6 aliphatic rings. The molecule has 14 heterocycles. The number of phosphoric acid groups is 4. The number of aromatic nitrogens is 16. The number of nitrogens with two attached hydrogens (primary N) is 2. The third-order valence-electron chi connectivity index (χ3n) is 15.1. The van der Waals surface area contributed by atoms with Gasteiger partial charge in [-0.3, -0.25) is 55.9 Å². The largest absolute Gasteiger partial charge is 1.00 e. The van der Waals surface area contributed by atoms with E-state index in [1.54, 1.807) is 14.1 Å². The zero-order valence-electron chi connectivity index (χ0n) is 52.0. The zero-order valence-corrected chi connectivity index (χ0v) is 57.6. The summed E-state index contributed by atoms with van der Waals surface area (Å²) >= 11 is 0. The molecule has 0 spiro atoms. The van der Waals surface area contributed by atoms with Gasteiger partial charge in [-0.15, -0.1) is 0 Å². The monoisotopic (exact) mass is 1460 g/mol. The van der Waals surface area contributed by atoms with E-state index in [1.807, 2.05) is 0 Å². The van der Waals surface area contributed by atoms with Gasteiger partial charge < -0.3 is 114 Å². The van der Waals surface area contributed by atoms with E-state index in [1.165, 1.54) is 34.1 Å². The van der Waals surface area contributed by atoms with Crippen LogP contribution < -0.4 is 114 Å². The van der Waals surface area contributed by atoms with Crippen LogP contribution in [0.2, 0.25) is 0 Å². The van der Waals surface area contributed by atoms with Gasteiger partial charge in [-0.25, -0.2) is 39.0 Å². The molecule has 8 aromatic rings. The Balaban J connectivity index is 0.000000260. The standard InChI is InChI=1S/2C21H26N10O13P2.2H3N.2Na.2H/c2*1-23-21-25-5-24-16-7(2-27-31(16)21)13-12(33)14-9(41-13)4-40-46(37,38)44-15-11(32)8(3-39-45(35,36)43-14)42-19(15)30-6-26-10-17(30)28-20(22)29-18(10)34;;;;;;/h2*2,5-6,8-9,11-15,19,32-33H,3-4H2,1H3,(H,35,36)(H,37,38)(H,23,24,25)(H3,22,28,29,34);2*1H3;;;;/q;;;;2*+1;2*-1/p-2. The zero-order chi connectivity index (χ0) is 65.1. The number of aliphatic hydroxyl groups is 4. The van der Waals surface area contributed by atoms with Gasteiger partial charge in [0.1, 0.15) is 98.1 Å². The van der Waals surface area contributed by atoms with Gasteiger partial charge >= 0.3 is 74.8 Å². The predicted molar refractivity (Wildman–Crippen MR) is 303 cm³/mol. The summed E-state index contributed by atoms with van der Waals surface area (Å²) in [5, 5.41) is 58.4. The normalized spacial score (nSPS) is 35.5. The smallest absolute Gasteiger partial charge is 1.00 e. The second kappa shape index (κ2) is 28.9. The number of hydrogen-bond acceptors (Lipinski definition) is 40. The fraction of sp³-hybridized carbons (Fsp3) is 0.524. The Labute approximate surface area is 581 Å². The van der Waals surface area contributed by atoms with Crippen molar-refractivity contribution >= 4 is 88.7 Å². The van der Waals surface area contributed by atoms with E-state index in [-0.39, 0.29) is 131 Å². The number of H-pyrrole nitrogens is 2. The Morgan fingerprint density at radius 1 is 0.542 bits per heavy atom. The molecule has 14 rings (SSSR count). The fourth-order valence-corrected chi connectivity index (χ4v) is 14.7. The Hall–Kier alpha value is -4.96. The van der Waals surface area contributed by atoms with E-state index in [4.69, 9.17) is 66.6 Å². The molecule has 0 radical (unpaired) electrons. The van der Waals surface area contributed by atoms with Gasteiger partial charge in [0.25, 0.3) is 26.8 Å². The van der Waals surface area contributed by atoms with Crippen molar-refractivity contribution in [3.63, 3.8) is 0 Å². The third-order valence-corrected chi connectivity index (χ3v) is 19.0. The maximum absolute atomic E-state index is 13.1. The van der Waals surface area contributed by atoms with Gasteiger partial charge in [-0.2, -0.15) is 29.2 Å². The number of nitrogens with zero attached hydrogens (tertiary/aromatic N) is 14. The summed E-state index contributed by atoms with van der Waals surface area (Å²) in [6, 6.07) is 0. The summed E-state index contributed by atoms with van der Waals surface area (Å²) in [7, 11) is -17.7. The van der Waals surface area contributed by atoms with Gasteiger partial charge in [0.15, 0.2) is 46.1 Å². The summed E-state index contributed by atoms with van der Waals surface area (Å²) in [5.41, 5.74) is 10.1. The van der Waals surface area contributed by atoms with E-state index in [2.05, 4.69) is 70.7 Å². The number of nitrogen functional groups attached to an aromatic ring is 2. The van der Waals surface area contributed by atoms with Gasteiger partial charge in [-0.05, 0) is 0 Å². The molecule has 0 aliphatic carbocycles. The molecule has 4 bridgehead atoms. The predicted octanol–water partition coefficient (Wildman–Crippen LogP) is -10.8. The molecule has 6 fully saturated rings. The van der Waals surface area contributed by atoms with Crippen LogP contribution in [0.25, 0.3) is 33.6 Å². The van der Waals surface area contributed by atoms with Crippen LogP contribution in [0, 0.1) is 0 Å². The van der Waals surface area contributed by atoms with Crippen molar-refractivity contribution in [1.29, 1.82) is 0 Å². The average Bonchev–Trinajstić information content (AvgIpc) is 1.63. The number of anilines is 4. The first kappa shape index (κ1) is 75.2. The van der Waals surface area contributed by atoms with Crippen molar-refractivity contribution in [2.24, 2.45) is 0 Å². The molecule has 0 saturated carbocycles.